The fraction of sp³-hybridized carbons (Fsp3) is 1.00. The van der Waals surface area contributed by atoms with Crippen molar-refractivity contribution in [2.45, 2.75) is 48.7 Å². The Labute approximate surface area is 116 Å². The molecule has 1 aliphatic carbocycles. The Morgan fingerprint density at radius 3 is 2.47 bits per heavy atom. The Morgan fingerprint density at radius 2 is 1.93 bits per heavy atom. The lowest BCUT2D eigenvalue weighted by Crippen LogP contribution is -2.36. The molecule has 1 rings (SSSR count). The summed E-state index contributed by atoms with van der Waals surface area (Å²) in [6, 6.07) is 0. The minimum atomic E-state index is 0.107. The quantitative estimate of drug-likeness (QED) is 0.524. The number of hydrogen-bond acceptors (Lipinski definition) is 1. The fourth-order valence-corrected chi connectivity index (χ4v) is 3.24. The van der Waals surface area contributed by atoms with E-state index < -0.39 is 0 Å². The first-order valence-corrected chi connectivity index (χ1v) is 7.92. The lowest BCUT2D eigenvalue weighted by atomic mass is 9.88. The summed E-state index contributed by atoms with van der Waals surface area (Å²) in [6.07, 6.45) is 5.59. The average molecular weight is 365 g/mol. The van der Waals surface area contributed by atoms with Crippen molar-refractivity contribution in [2.24, 2.45) is 5.92 Å². The molecular formula is C11H19Cl2IO. The summed E-state index contributed by atoms with van der Waals surface area (Å²) in [7, 11) is 0. The minimum Gasteiger partial charge on any atom is -0.372 e. The summed E-state index contributed by atoms with van der Waals surface area (Å²) in [6.45, 7) is 2.28. The van der Waals surface area contributed by atoms with Crippen molar-refractivity contribution in [1.29, 1.82) is 0 Å². The Morgan fingerprint density at radius 1 is 1.27 bits per heavy atom. The van der Waals surface area contributed by atoms with Crippen LogP contribution in [0.15, 0.2) is 0 Å². The zero-order valence-electron chi connectivity index (χ0n) is 9.09. The molecule has 0 radical (unpaired) electrons. The SMILES string of the molecule is CC1CCCCC1OC(CCl)C(I)CCl. The van der Waals surface area contributed by atoms with Gasteiger partial charge in [-0.15, -0.1) is 23.2 Å². The second kappa shape index (κ2) is 7.57. The molecule has 1 fully saturated rings. The summed E-state index contributed by atoms with van der Waals surface area (Å²) in [5.41, 5.74) is 0. The van der Waals surface area contributed by atoms with Crippen LogP contribution in [0.3, 0.4) is 0 Å². The van der Waals surface area contributed by atoms with Gasteiger partial charge in [-0.25, -0.2) is 0 Å². The van der Waals surface area contributed by atoms with Gasteiger partial charge in [0.15, 0.2) is 0 Å². The molecule has 0 aliphatic heterocycles. The summed E-state index contributed by atoms with van der Waals surface area (Å²) in [5, 5.41) is 0. The molecule has 1 saturated carbocycles. The number of halogens is 3. The van der Waals surface area contributed by atoms with Gasteiger partial charge in [-0.1, -0.05) is 42.4 Å². The normalized spacial score (nSPS) is 31.2. The molecule has 0 aromatic rings. The number of hydrogen-bond donors (Lipinski definition) is 0. The molecular weight excluding hydrogens is 346 g/mol. The van der Waals surface area contributed by atoms with Crippen LogP contribution in [-0.4, -0.2) is 27.9 Å². The van der Waals surface area contributed by atoms with Crippen LogP contribution in [0.25, 0.3) is 0 Å². The van der Waals surface area contributed by atoms with Gasteiger partial charge in [-0.2, -0.15) is 0 Å². The van der Waals surface area contributed by atoms with E-state index in [1.807, 2.05) is 0 Å². The highest BCUT2D eigenvalue weighted by atomic mass is 127. The number of ether oxygens (including phenoxy) is 1. The fourth-order valence-electron chi connectivity index (χ4n) is 2.03. The van der Waals surface area contributed by atoms with E-state index in [2.05, 4.69) is 29.5 Å². The first-order valence-electron chi connectivity index (χ1n) is 5.60. The summed E-state index contributed by atoms with van der Waals surface area (Å²) >= 11 is 14.1. The predicted octanol–water partition coefficient (Wildman–Crippen LogP) is 4.23. The lowest BCUT2D eigenvalue weighted by Gasteiger charge is -2.33. The summed E-state index contributed by atoms with van der Waals surface area (Å²) in [5.74, 6) is 1.83. The summed E-state index contributed by atoms with van der Waals surface area (Å²) < 4.78 is 6.40. The van der Waals surface area contributed by atoms with Crippen molar-refractivity contribution >= 4 is 45.8 Å². The van der Waals surface area contributed by atoms with E-state index in [0.717, 1.165) is 0 Å². The standard InChI is InChI=1S/C11H19Cl2IO/c1-8-4-2-3-5-10(8)15-11(7-13)9(14)6-12/h8-11H,2-7H2,1H3. The zero-order valence-corrected chi connectivity index (χ0v) is 12.8. The van der Waals surface area contributed by atoms with Gasteiger partial charge in [0.05, 0.1) is 16.1 Å². The maximum Gasteiger partial charge on any atom is 0.0843 e. The van der Waals surface area contributed by atoms with Gasteiger partial charge < -0.3 is 4.74 Å². The van der Waals surface area contributed by atoms with Crippen molar-refractivity contribution in [3.63, 3.8) is 0 Å². The van der Waals surface area contributed by atoms with E-state index in [4.69, 9.17) is 27.9 Å². The van der Waals surface area contributed by atoms with Crippen LogP contribution in [0.5, 0.6) is 0 Å². The van der Waals surface area contributed by atoms with Crippen molar-refractivity contribution in [3.8, 4) is 0 Å². The van der Waals surface area contributed by atoms with Gasteiger partial charge in [0.25, 0.3) is 0 Å². The maximum atomic E-state index is 6.08. The van der Waals surface area contributed by atoms with Crippen molar-refractivity contribution in [3.05, 3.63) is 0 Å². The third kappa shape index (κ3) is 4.57. The predicted molar refractivity (Wildman–Crippen MR) is 75.5 cm³/mol. The van der Waals surface area contributed by atoms with Gasteiger partial charge in [0.2, 0.25) is 0 Å². The Bertz CT molecular complexity index is 176. The zero-order chi connectivity index (χ0) is 11.3. The maximum absolute atomic E-state index is 6.08. The number of rotatable bonds is 5. The molecule has 0 N–H and O–H groups in total. The molecule has 0 bridgehead atoms. The molecule has 0 aromatic carbocycles. The second-order valence-electron chi connectivity index (χ2n) is 4.30. The van der Waals surface area contributed by atoms with Crippen LogP contribution in [-0.2, 0) is 4.74 Å². The second-order valence-corrected chi connectivity index (χ2v) is 6.52. The van der Waals surface area contributed by atoms with E-state index in [1.165, 1.54) is 25.7 Å². The molecule has 4 atom stereocenters. The van der Waals surface area contributed by atoms with E-state index in [9.17, 15) is 0 Å². The molecule has 0 aromatic heterocycles. The first-order chi connectivity index (χ1) is 7.19. The van der Waals surface area contributed by atoms with Crippen LogP contribution in [0.2, 0.25) is 0 Å². The van der Waals surface area contributed by atoms with Gasteiger partial charge >= 0.3 is 0 Å². The molecule has 0 spiro atoms. The summed E-state index contributed by atoms with van der Waals surface area (Å²) in [4.78, 5) is 0. The van der Waals surface area contributed by atoms with E-state index in [0.29, 0.717) is 27.7 Å². The Kier molecular flexibility index (Phi) is 7.23. The van der Waals surface area contributed by atoms with Gasteiger partial charge in [-0.3, -0.25) is 0 Å². The number of alkyl halides is 3. The van der Waals surface area contributed by atoms with Gasteiger partial charge in [0.1, 0.15) is 0 Å². The first kappa shape index (κ1) is 14.3. The Hall–Kier alpha value is 1.27. The topological polar surface area (TPSA) is 9.23 Å². The third-order valence-electron chi connectivity index (χ3n) is 3.09. The van der Waals surface area contributed by atoms with E-state index in [1.54, 1.807) is 0 Å². The van der Waals surface area contributed by atoms with Crippen molar-refractivity contribution < 1.29 is 4.74 Å². The highest BCUT2D eigenvalue weighted by Gasteiger charge is 2.27. The molecule has 15 heavy (non-hydrogen) atoms. The molecule has 1 nitrogen and oxygen atoms in total. The largest absolute Gasteiger partial charge is 0.372 e. The monoisotopic (exact) mass is 364 g/mol. The van der Waals surface area contributed by atoms with Crippen molar-refractivity contribution in [2.75, 3.05) is 11.8 Å². The van der Waals surface area contributed by atoms with E-state index >= 15 is 0 Å². The third-order valence-corrected chi connectivity index (χ3v) is 5.49. The van der Waals surface area contributed by atoms with Crippen LogP contribution >= 0.6 is 45.8 Å². The molecule has 0 saturated heterocycles. The van der Waals surface area contributed by atoms with Gasteiger partial charge in [-0.05, 0) is 18.8 Å². The van der Waals surface area contributed by atoms with Crippen LogP contribution in [0.1, 0.15) is 32.6 Å². The molecule has 1 aliphatic rings. The van der Waals surface area contributed by atoms with Crippen LogP contribution < -0.4 is 0 Å². The molecule has 0 heterocycles. The molecule has 4 heteroatoms. The van der Waals surface area contributed by atoms with Crippen molar-refractivity contribution in [1.82, 2.24) is 0 Å². The smallest absolute Gasteiger partial charge is 0.0843 e. The van der Waals surface area contributed by atoms with Crippen LogP contribution in [0.4, 0.5) is 0 Å². The highest BCUT2D eigenvalue weighted by Crippen LogP contribution is 2.29. The van der Waals surface area contributed by atoms with E-state index in [-0.39, 0.29) is 6.10 Å². The highest BCUT2D eigenvalue weighted by molar-refractivity contribution is 14.1. The molecule has 4 unspecified atom stereocenters. The van der Waals surface area contributed by atoms with Gasteiger partial charge in [0, 0.05) is 11.8 Å². The molecule has 0 amide bonds. The molecule has 90 valence electrons. The lowest BCUT2D eigenvalue weighted by molar-refractivity contribution is -0.0431. The van der Waals surface area contributed by atoms with Crippen LogP contribution in [0, 0.1) is 5.92 Å². The minimum absolute atomic E-state index is 0.107. The average Bonchev–Trinajstić information content (AvgIpc) is 2.27. The Balaban J connectivity index is 2.42.